The fraction of sp³-hybridized carbons (Fsp3) is 0.600. The summed E-state index contributed by atoms with van der Waals surface area (Å²) in [5.41, 5.74) is -0.313. The van der Waals surface area contributed by atoms with E-state index in [1.807, 2.05) is 27.7 Å². The highest BCUT2D eigenvalue weighted by Gasteiger charge is 2.27. The number of benzene rings is 1. The Morgan fingerprint density at radius 3 is 2.50 bits per heavy atom. The maximum atomic E-state index is 12.6. The number of nitro groups is 1. The molecule has 166 valence electrons. The Labute approximate surface area is 181 Å². The van der Waals surface area contributed by atoms with Crippen LogP contribution in [0.4, 0.5) is 16.2 Å². The van der Waals surface area contributed by atoms with E-state index < -0.39 is 16.6 Å². The zero-order valence-electron chi connectivity index (χ0n) is 17.7. The van der Waals surface area contributed by atoms with Gasteiger partial charge in [-0.05, 0) is 65.6 Å². The van der Waals surface area contributed by atoms with E-state index >= 15 is 0 Å². The van der Waals surface area contributed by atoms with Crippen LogP contribution in [0, 0.1) is 16.0 Å². The zero-order valence-corrected chi connectivity index (χ0v) is 18.5. The van der Waals surface area contributed by atoms with Gasteiger partial charge in [0.25, 0.3) is 5.69 Å². The normalized spacial score (nSPS) is 16.6. The molecule has 9 nitrogen and oxygen atoms in total. The number of nitro benzene ring substituents is 1. The molecule has 0 aromatic heterocycles. The summed E-state index contributed by atoms with van der Waals surface area (Å²) in [6.07, 6.45) is 1.29. The maximum absolute atomic E-state index is 12.6. The van der Waals surface area contributed by atoms with Crippen LogP contribution in [0.5, 0.6) is 0 Å². The number of nitrogens with one attached hydrogen (secondary N) is 2. The Morgan fingerprint density at radius 1 is 1.33 bits per heavy atom. The van der Waals surface area contributed by atoms with Crippen molar-refractivity contribution < 1.29 is 19.2 Å². The lowest BCUT2D eigenvalue weighted by atomic mass is 9.96. The van der Waals surface area contributed by atoms with Crippen LogP contribution in [0.1, 0.15) is 40.5 Å². The predicted molar refractivity (Wildman–Crippen MR) is 115 cm³/mol. The minimum atomic E-state index is -0.540. The van der Waals surface area contributed by atoms with Crippen molar-refractivity contribution in [2.45, 2.75) is 52.2 Å². The number of carbonyl (C=O) groups is 2. The molecule has 1 aromatic carbocycles. The van der Waals surface area contributed by atoms with Gasteiger partial charge in [0.15, 0.2) is 0 Å². The summed E-state index contributed by atoms with van der Waals surface area (Å²) in [5.74, 6) is 0.101. The Hall–Kier alpha value is -2.39. The Bertz CT molecular complexity index is 788. The molecule has 10 heteroatoms. The average Bonchev–Trinajstić information content (AvgIpc) is 2.66. The van der Waals surface area contributed by atoms with Crippen molar-refractivity contribution in [3.8, 4) is 0 Å². The first kappa shape index (κ1) is 23.9. The number of anilines is 1. The van der Waals surface area contributed by atoms with E-state index in [1.165, 1.54) is 18.2 Å². The number of likely N-dealkylation sites (tertiary alicyclic amines) is 1. The quantitative estimate of drug-likeness (QED) is 0.513. The van der Waals surface area contributed by atoms with Crippen LogP contribution in [0.3, 0.4) is 0 Å². The third-order valence-corrected chi connectivity index (χ3v) is 5.24. The molecule has 2 amide bonds. The van der Waals surface area contributed by atoms with Crippen LogP contribution in [-0.4, -0.2) is 53.1 Å². The first-order chi connectivity index (χ1) is 14.0. The van der Waals surface area contributed by atoms with Crippen LogP contribution in [0.15, 0.2) is 18.2 Å². The van der Waals surface area contributed by atoms with Gasteiger partial charge in [-0.1, -0.05) is 11.6 Å². The Kier molecular flexibility index (Phi) is 8.03. The standard InChI is InChI=1S/C20H29ClN4O5/c1-13(18(26)23-17-6-5-15(25(28)29)11-16(17)21)24-9-7-14(8-10-24)12-22-19(27)30-20(2,3)4/h5-6,11,13-14H,7-10,12H2,1-4H3,(H,22,27)(H,23,26). The van der Waals surface area contributed by atoms with Gasteiger partial charge in [-0.25, -0.2) is 4.79 Å². The van der Waals surface area contributed by atoms with Gasteiger partial charge in [0.05, 0.1) is 21.7 Å². The van der Waals surface area contributed by atoms with Crippen molar-refractivity contribution in [3.05, 3.63) is 33.3 Å². The lowest BCUT2D eigenvalue weighted by Crippen LogP contribution is -2.47. The fourth-order valence-corrected chi connectivity index (χ4v) is 3.43. The molecule has 2 N–H and O–H groups in total. The van der Waals surface area contributed by atoms with Gasteiger partial charge < -0.3 is 15.4 Å². The number of halogens is 1. The van der Waals surface area contributed by atoms with Crippen LogP contribution in [0.2, 0.25) is 5.02 Å². The second kappa shape index (κ2) is 10.1. The molecular weight excluding hydrogens is 412 g/mol. The minimum Gasteiger partial charge on any atom is -0.444 e. The number of carbonyl (C=O) groups excluding carboxylic acids is 2. The van der Waals surface area contributed by atoms with Crippen LogP contribution < -0.4 is 10.6 Å². The summed E-state index contributed by atoms with van der Waals surface area (Å²) >= 11 is 6.05. The van der Waals surface area contributed by atoms with E-state index in [-0.39, 0.29) is 22.7 Å². The minimum absolute atomic E-state index is 0.122. The third-order valence-electron chi connectivity index (χ3n) is 4.93. The number of amides is 2. The van der Waals surface area contributed by atoms with Crippen LogP contribution >= 0.6 is 11.6 Å². The number of rotatable bonds is 6. The van der Waals surface area contributed by atoms with Crippen molar-refractivity contribution in [2.24, 2.45) is 5.92 Å². The van der Waals surface area contributed by atoms with Crippen molar-refractivity contribution in [3.63, 3.8) is 0 Å². The maximum Gasteiger partial charge on any atom is 0.407 e. The molecule has 0 saturated carbocycles. The molecule has 1 aromatic rings. The fourth-order valence-electron chi connectivity index (χ4n) is 3.21. The van der Waals surface area contributed by atoms with Gasteiger partial charge in [-0.3, -0.25) is 19.8 Å². The van der Waals surface area contributed by atoms with Gasteiger partial charge in [-0.2, -0.15) is 0 Å². The molecule has 1 aliphatic heterocycles. The number of hydrogen-bond acceptors (Lipinski definition) is 6. The highest BCUT2D eigenvalue weighted by Crippen LogP contribution is 2.27. The van der Waals surface area contributed by atoms with Gasteiger partial charge in [0, 0.05) is 18.7 Å². The Morgan fingerprint density at radius 2 is 1.97 bits per heavy atom. The zero-order chi connectivity index (χ0) is 22.5. The highest BCUT2D eigenvalue weighted by molar-refractivity contribution is 6.34. The molecule has 1 unspecified atom stereocenters. The van der Waals surface area contributed by atoms with Gasteiger partial charge in [0.2, 0.25) is 5.91 Å². The number of ether oxygens (including phenoxy) is 1. The first-order valence-electron chi connectivity index (χ1n) is 9.92. The molecular formula is C20H29ClN4O5. The van der Waals surface area contributed by atoms with E-state index in [2.05, 4.69) is 15.5 Å². The molecule has 1 aliphatic rings. The molecule has 0 aliphatic carbocycles. The molecule has 1 heterocycles. The van der Waals surface area contributed by atoms with E-state index in [9.17, 15) is 19.7 Å². The summed E-state index contributed by atoms with van der Waals surface area (Å²) in [5, 5.41) is 16.5. The number of nitrogens with zero attached hydrogens (tertiary/aromatic N) is 2. The van der Waals surface area contributed by atoms with Gasteiger partial charge in [0.1, 0.15) is 5.60 Å². The second-order valence-electron chi connectivity index (χ2n) is 8.45. The predicted octanol–water partition coefficient (Wildman–Crippen LogP) is 3.81. The topological polar surface area (TPSA) is 114 Å². The second-order valence-corrected chi connectivity index (χ2v) is 8.86. The van der Waals surface area contributed by atoms with Crippen molar-refractivity contribution in [1.82, 2.24) is 10.2 Å². The number of hydrogen-bond donors (Lipinski definition) is 2. The van der Waals surface area contributed by atoms with E-state index in [4.69, 9.17) is 16.3 Å². The number of non-ortho nitro benzene ring substituents is 1. The summed E-state index contributed by atoms with van der Waals surface area (Å²) in [4.78, 5) is 36.7. The monoisotopic (exact) mass is 440 g/mol. The molecule has 0 radical (unpaired) electrons. The van der Waals surface area contributed by atoms with Crippen molar-refractivity contribution in [1.29, 1.82) is 0 Å². The summed E-state index contributed by atoms with van der Waals surface area (Å²) in [6.45, 7) is 9.27. The van der Waals surface area contributed by atoms with Crippen molar-refractivity contribution >= 4 is 35.0 Å². The smallest absolute Gasteiger partial charge is 0.407 e. The summed E-state index contributed by atoms with van der Waals surface area (Å²) in [7, 11) is 0. The molecule has 0 bridgehead atoms. The molecule has 1 atom stereocenters. The number of piperidine rings is 1. The summed E-state index contributed by atoms with van der Waals surface area (Å²) in [6, 6.07) is 3.57. The third kappa shape index (κ3) is 7.14. The largest absolute Gasteiger partial charge is 0.444 e. The first-order valence-corrected chi connectivity index (χ1v) is 10.3. The summed E-state index contributed by atoms with van der Waals surface area (Å²) < 4.78 is 5.24. The Balaban J connectivity index is 1.80. The van der Waals surface area contributed by atoms with E-state index in [1.54, 1.807) is 0 Å². The number of alkyl carbamates (subject to hydrolysis) is 1. The van der Waals surface area contributed by atoms with Gasteiger partial charge in [-0.15, -0.1) is 0 Å². The lowest BCUT2D eigenvalue weighted by molar-refractivity contribution is -0.384. The van der Waals surface area contributed by atoms with Crippen molar-refractivity contribution in [2.75, 3.05) is 25.0 Å². The lowest BCUT2D eigenvalue weighted by Gasteiger charge is -2.35. The SMILES string of the molecule is CC(C(=O)Nc1ccc([N+](=O)[O-])cc1Cl)N1CCC(CNC(=O)OC(C)(C)C)CC1. The highest BCUT2D eigenvalue weighted by atomic mass is 35.5. The molecule has 1 saturated heterocycles. The average molecular weight is 441 g/mol. The molecule has 0 spiro atoms. The van der Waals surface area contributed by atoms with Crippen LogP contribution in [0.25, 0.3) is 0 Å². The molecule has 1 fully saturated rings. The van der Waals surface area contributed by atoms with E-state index in [0.717, 1.165) is 25.9 Å². The van der Waals surface area contributed by atoms with Gasteiger partial charge >= 0.3 is 6.09 Å². The van der Waals surface area contributed by atoms with E-state index in [0.29, 0.717) is 18.2 Å². The molecule has 2 rings (SSSR count). The molecule has 30 heavy (non-hydrogen) atoms. The van der Waals surface area contributed by atoms with Crippen LogP contribution in [-0.2, 0) is 9.53 Å².